The molecular weight excluding hydrogens is 366 g/mol. The van der Waals surface area contributed by atoms with Crippen LogP contribution in [0.3, 0.4) is 0 Å². The summed E-state index contributed by atoms with van der Waals surface area (Å²) in [6, 6.07) is 5.45. The molecule has 4 rings (SSSR count). The molecule has 0 radical (unpaired) electrons. The van der Waals surface area contributed by atoms with E-state index in [9.17, 15) is 4.79 Å². The van der Waals surface area contributed by atoms with E-state index >= 15 is 0 Å². The van der Waals surface area contributed by atoms with Crippen molar-refractivity contribution in [3.8, 4) is 5.75 Å². The Balaban J connectivity index is 1.37. The summed E-state index contributed by atoms with van der Waals surface area (Å²) in [6.07, 6.45) is 3.54. The number of hydrogen-bond acceptors (Lipinski definition) is 5. The minimum atomic E-state index is -0.163. The minimum Gasteiger partial charge on any atom is -0.489 e. The first kappa shape index (κ1) is 18.3. The quantitative estimate of drug-likeness (QED) is 0.779. The molecule has 1 aromatic rings. The Morgan fingerprint density at radius 1 is 1.22 bits per heavy atom. The Hall–Kier alpha value is -2.12. The van der Waals surface area contributed by atoms with Crippen LogP contribution in [0.5, 0.6) is 5.75 Å². The van der Waals surface area contributed by atoms with Crippen LogP contribution in [-0.2, 0) is 0 Å². The lowest BCUT2D eigenvalue weighted by atomic mass is 10.0. The smallest absolute Gasteiger partial charge is 0.324 e. The molecule has 1 atom stereocenters. The highest BCUT2D eigenvalue weighted by atomic mass is 35.5. The fourth-order valence-electron chi connectivity index (χ4n) is 3.78. The van der Waals surface area contributed by atoms with Crippen LogP contribution in [0.15, 0.2) is 28.2 Å². The lowest BCUT2D eigenvalue weighted by Gasteiger charge is -2.41. The summed E-state index contributed by atoms with van der Waals surface area (Å²) in [7, 11) is 0. The molecule has 0 bridgehead atoms. The fraction of sp³-hybridized carbons (Fsp3) is 0.526. The standard InChI is InChI=1S/C19H24ClN5O2/c1-19(13-21-4-5-22-19)14-23-6-8-24(9-7-23)18(26)25-10-11-27-17-12-15(20)2-3-16(17)25/h2-5,12H,6-11,13-14H2,1H3. The number of urea groups is 1. The molecule has 3 aliphatic rings. The largest absolute Gasteiger partial charge is 0.489 e. The van der Waals surface area contributed by atoms with Gasteiger partial charge in [0.2, 0.25) is 0 Å². The van der Waals surface area contributed by atoms with Gasteiger partial charge in [-0.3, -0.25) is 19.8 Å². The van der Waals surface area contributed by atoms with Gasteiger partial charge in [0, 0.05) is 56.2 Å². The van der Waals surface area contributed by atoms with Crippen LogP contribution < -0.4 is 9.64 Å². The zero-order valence-electron chi connectivity index (χ0n) is 15.5. The van der Waals surface area contributed by atoms with Crippen molar-refractivity contribution in [2.75, 3.05) is 57.3 Å². The molecule has 8 heteroatoms. The Morgan fingerprint density at radius 2 is 2.04 bits per heavy atom. The van der Waals surface area contributed by atoms with Gasteiger partial charge in [-0.15, -0.1) is 0 Å². The third-order valence-corrected chi connectivity index (χ3v) is 5.45. The van der Waals surface area contributed by atoms with Crippen molar-refractivity contribution in [1.82, 2.24) is 9.80 Å². The van der Waals surface area contributed by atoms with Gasteiger partial charge in [-0.2, -0.15) is 0 Å². The van der Waals surface area contributed by atoms with E-state index in [2.05, 4.69) is 21.8 Å². The number of ether oxygens (including phenoxy) is 1. The molecule has 144 valence electrons. The zero-order chi connectivity index (χ0) is 18.9. The number of benzene rings is 1. The van der Waals surface area contributed by atoms with Gasteiger partial charge >= 0.3 is 6.03 Å². The molecule has 1 fully saturated rings. The van der Waals surface area contributed by atoms with Crippen LogP contribution >= 0.6 is 11.6 Å². The summed E-state index contributed by atoms with van der Waals surface area (Å²) < 4.78 is 5.65. The summed E-state index contributed by atoms with van der Waals surface area (Å²) in [6.45, 7) is 7.86. The second kappa shape index (κ2) is 7.48. The normalized spacial score (nSPS) is 25.3. The molecule has 1 aromatic carbocycles. The average Bonchev–Trinajstić information content (AvgIpc) is 2.67. The second-order valence-electron chi connectivity index (χ2n) is 7.42. The van der Waals surface area contributed by atoms with Gasteiger partial charge in [-0.25, -0.2) is 4.79 Å². The van der Waals surface area contributed by atoms with Gasteiger partial charge in [-0.05, 0) is 19.1 Å². The van der Waals surface area contributed by atoms with Crippen LogP contribution in [-0.4, -0.2) is 86.2 Å². The molecule has 0 saturated carbocycles. The van der Waals surface area contributed by atoms with Crippen molar-refractivity contribution in [2.24, 2.45) is 9.98 Å². The molecule has 27 heavy (non-hydrogen) atoms. The fourth-order valence-corrected chi connectivity index (χ4v) is 3.95. The van der Waals surface area contributed by atoms with E-state index < -0.39 is 0 Å². The highest BCUT2D eigenvalue weighted by molar-refractivity contribution is 6.30. The van der Waals surface area contributed by atoms with Crippen molar-refractivity contribution in [3.05, 3.63) is 23.2 Å². The van der Waals surface area contributed by atoms with Crippen molar-refractivity contribution < 1.29 is 9.53 Å². The third-order valence-electron chi connectivity index (χ3n) is 5.21. The molecule has 7 nitrogen and oxygen atoms in total. The molecule has 1 unspecified atom stereocenters. The summed E-state index contributed by atoms with van der Waals surface area (Å²) in [5, 5.41) is 0.611. The Morgan fingerprint density at radius 3 is 2.78 bits per heavy atom. The number of nitrogens with zero attached hydrogens (tertiary/aromatic N) is 5. The van der Waals surface area contributed by atoms with Crippen molar-refractivity contribution in [1.29, 1.82) is 0 Å². The van der Waals surface area contributed by atoms with Gasteiger partial charge in [0.05, 0.1) is 24.3 Å². The number of fused-ring (bicyclic) bond motifs is 1. The molecule has 0 aromatic heterocycles. The van der Waals surface area contributed by atoms with E-state index in [0.29, 0.717) is 37.0 Å². The molecule has 1 saturated heterocycles. The molecule has 0 spiro atoms. The summed E-state index contributed by atoms with van der Waals surface area (Å²) in [4.78, 5) is 28.1. The SMILES string of the molecule is CC1(CN2CCN(C(=O)N3CCOc4cc(Cl)ccc43)CC2)CN=CC=N1. The summed E-state index contributed by atoms with van der Waals surface area (Å²) in [5.41, 5.74) is 0.628. The highest BCUT2D eigenvalue weighted by Crippen LogP contribution is 2.34. The number of carbonyl (C=O) groups excluding carboxylic acids is 1. The van der Waals surface area contributed by atoms with Crippen LogP contribution in [0.25, 0.3) is 0 Å². The molecule has 3 aliphatic heterocycles. The van der Waals surface area contributed by atoms with Crippen molar-refractivity contribution in [2.45, 2.75) is 12.5 Å². The number of aliphatic imine (C=N–C) groups is 2. The predicted octanol–water partition coefficient (Wildman–Crippen LogP) is 2.19. The number of amides is 2. The number of piperazine rings is 1. The van der Waals surface area contributed by atoms with Crippen molar-refractivity contribution in [3.63, 3.8) is 0 Å². The highest BCUT2D eigenvalue weighted by Gasteiger charge is 2.32. The lowest BCUT2D eigenvalue weighted by molar-refractivity contribution is 0.127. The topological polar surface area (TPSA) is 60.7 Å². The Labute approximate surface area is 164 Å². The lowest BCUT2D eigenvalue weighted by Crippen LogP contribution is -2.56. The van der Waals surface area contributed by atoms with Gasteiger partial charge in [0.1, 0.15) is 12.4 Å². The van der Waals surface area contributed by atoms with Crippen LogP contribution in [0.4, 0.5) is 10.5 Å². The predicted molar refractivity (Wildman–Crippen MR) is 108 cm³/mol. The second-order valence-corrected chi connectivity index (χ2v) is 7.86. The average molecular weight is 390 g/mol. The van der Waals surface area contributed by atoms with E-state index in [0.717, 1.165) is 31.9 Å². The van der Waals surface area contributed by atoms with Crippen molar-refractivity contribution >= 4 is 35.7 Å². The van der Waals surface area contributed by atoms with Gasteiger partial charge in [0.25, 0.3) is 0 Å². The molecule has 0 aliphatic carbocycles. The number of carbonyl (C=O) groups is 1. The maximum Gasteiger partial charge on any atom is 0.324 e. The molecule has 2 amide bonds. The summed E-state index contributed by atoms with van der Waals surface area (Å²) in [5.74, 6) is 0.671. The van der Waals surface area contributed by atoms with Crippen LogP contribution in [0, 0.1) is 0 Å². The maximum atomic E-state index is 13.1. The number of hydrogen-bond donors (Lipinski definition) is 0. The number of anilines is 1. The molecule has 0 N–H and O–H groups in total. The number of rotatable bonds is 2. The molecule has 3 heterocycles. The first-order valence-corrected chi connectivity index (χ1v) is 9.67. The van der Waals surface area contributed by atoms with Gasteiger partial charge in [-0.1, -0.05) is 11.6 Å². The maximum absolute atomic E-state index is 13.1. The van der Waals surface area contributed by atoms with Gasteiger partial charge < -0.3 is 9.64 Å². The summed E-state index contributed by atoms with van der Waals surface area (Å²) >= 11 is 6.04. The zero-order valence-corrected chi connectivity index (χ0v) is 16.2. The molecular formula is C19H24ClN5O2. The first-order chi connectivity index (χ1) is 13.0. The van der Waals surface area contributed by atoms with Crippen LogP contribution in [0.2, 0.25) is 5.02 Å². The number of halogens is 1. The third kappa shape index (κ3) is 3.94. The van der Waals surface area contributed by atoms with E-state index in [1.54, 1.807) is 29.5 Å². The van der Waals surface area contributed by atoms with Gasteiger partial charge in [0.15, 0.2) is 0 Å². The first-order valence-electron chi connectivity index (χ1n) is 9.29. The van der Waals surface area contributed by atoms with E-state index in [-0.39, 0.29) is 11.6 Å². The van der Waals surface area contributed by atoms with E-state index in [4.69, 9.17) is 16.3 Å². The van der Waals surface area contributed by atoms with E-state index in [1.165, 1.54) is 0 Å². The Kier molecular flexibility index (Phi) is 5.06. The Bertz CT molecular complexity index is 775. The van der Waals surface area contributed by atoms with Crippen LogP contribution in [0.1, 0.15) is 6.92 Å². The van der Waals surface area contributed by atoms with E-state index in [1.807, 2.05) is 11.0 Å². The minimum absolute atomic E-state index is 0.0352. The monoisotopic (exact) mass is 389 g/mol.